The summed E-state index contributed by atoms with van der Waals surface area (Å²) >= 11 is 1.46. The molecule has 2 rings (SSSR count). The molecule has 0 unspecified atom stereocenters. The van der Waals surface area contributed by atoms with Crippen molar-refractivity contribution >= 4 is 22.4 Å². The molecule has 5 heteroatoms. The highest BCUT2D eigenvalue weighted by molar-refractivity contribution is 7.15. The predicted molar refractivity (Wildman–Crippen MR) is 87.0 cm³/mol. The van der Waals surface area contributed by atoms with Gasteiger partial charge < -0.3 is 0 Å². The number of carbonyl (C=O) groups excluding carboxylic acids is 1. The van der Waals surface area contributed by atoms with Gasteiger partial charge in [0.05, 0.1) is 0 Å². The molecule has 0 atom stereocenters. The predicted octanol–water partition coefficient (Wildman–Crippen LogP) is 4.14. The molecule has 0 saturated heterocycles. The molecular formula is C16H21N3OS. The zero-order valence-electron chi connectivity index (χ0n) is 12.8. The number of hydrogen-bond donors (Lipinski definition) is 1. The van der Waals surface area contributed by atoms with Gasteiger partial charge in [0.25, 0.3) is 5.91 Å². The average Bonchev–Trinajstić information content (AvgIpc) is 2.85. The molecule has 2 aromatic rings. The van der Waals surface area contributed by atoms with Gasteiger partial charge >= 0.3 is 0 Å². The monoisotopic (exact) mass is 303 g/mol. The van der Waals surface area contributed by atoms with E-state index < -0.39 is 0 Å². The smallest absolute Gasteiger partial charge is 0.257 e. The van der Waals surface area contributed by atoms with Crippen molar-refractivity contribution in [3.8, 4) is 0 Å². The van der Waals surface area contributed by atoms with Crippen molar-refractivity contribution in [1.29, 1.82) is 0 Å². The molecule has 1 amide bonds. The van der Waals surface area contributed by atoms with E-state index in [1.807, 2.05) is 32.0 Å². The molecule has 1 heterocycles. The molecule has 0 fully saturated rings. The molecule has 0 saturated carbocycles. The van der Waals surface area contributed by atoms with E-state index in [9.17, 15) is 4.79 Å². The molecule has 0 aliphatic heterocycles. The van der Waals surface area contributed by atoms with Crippen molar-refractivity contribution in [1.82, 2.24) is 10.2 Å². The standard InChI is InChI=1S/C16H21N3OS/c1-4-5-6-7-14-18-19-16(21-14)17-15(20)13-9-11(2)8-12(3)10-13/h8-10H,4-7H2,1-3H3,(H,17,19,20). The minimum atomic E-state index is -0.127. The number of amides is 1. The van der Waals surface area contributed by atoms with Crippen LogP contribution in [0, 0.1) is 13.8 Å². The van der Waals surface area contributed by atoms with E-state index in [1.165, 1.54) is 24.2 Å². The highest BCUT2D eigenvalue weighted by Gasteiger charge is 2.11. The molecule has 0 bridgehead atoms. The number of aromatic nitrogens is 2. The lowest BCUT2D eigenvalue weighted by atomic mass is 10.1. The van der Waals surface area contributed by atoms with E-state index in [2.05, 4.69) is 22.4 Å². The van der Waals surface area contributed by atoms with Crippen molar-refractivity contribution in [2.45, 2.75) is 46.5 Å². The van der Waals surface area contributed by atoms with Gasteiger partial charge in [0.1, 0.15) is 5.01 Å². The number of nitrogens with one attached hydrogen (secondary N) is 1. The first kappa shape index (κ1) is 15.6. The summed E-state index contributed by atoms with van der Waals surface area (Å²) in [6, 6.07) is 5.81. The number of anilines is 1. The maximum Gasteiger partial charge on any atom is 0.257 e. The molecule has 1 N–H and O–H groups in total. The van der Waals surface area contributed by atoms with Crippen LogP contribution in [0.5, 0.6) is 0 Å². The Balaban J connectivity index is 1.99. The number of rotatable bonds is 6. The molecular weight excluding hydrogens is 282 g/mol. The second-order valence-electron chi connectivity index (χ2n) is 5.29. The Labute approximate surface area is 129 Å². The van der Waals surface area contributed by atoms with Gasteiger partial charge in [0, 0.05) is 12.0 Å². The first-order chi connectivity index (χ1) is 10.1. The van der Waals surface area contributed by atoms with Crippen LogP contribution in [0.15, 0.2) is 18.2 Å². The Morgan fingerprint density at radius 3 is 2.52 bits per heavy atom. The highest BCUT2D eigenvalue weighted by atomic mass is 32.1. The quantitative estimate of drug-likeness (QED) is 0.816. The van der Waals surface area contributed by atoms with Gasteiger partial charge in [-0.25, -0.2) is 0 Å². The van der Waals surface area contributed by atoms with Crippen LogP contribution >= 0.6 is 11.3 Å². The first-order valence-corrected chi connectivity index (χ1v) is 8.12. The summed E-state index contributed by atoms with van der Waals surface area (Å²) in [6.45, 7) is 6.15. The second-order valence-corrected chi connectivity index (χ2v) is 6.35. The van der Waals surface area contributed by atoms with Gasteiger partial charge in [0.2, 0.25) is 5.13 Å². The van der Waals surface area contributed by atoms with E-state index in [0.717, 1.165) is 29.0 Å². The summed E-state index contributed by atoms with van der Waals surface area (Å²) in [5.41, 5.74) is 2.82. The number of unbranched alkanes of at least 4 members (excludes halogenated alkanes) is 2. The topological polar surface area (TPSA) is 54.9 Å². The molecule has 0 radical (unpaired) electrons. The van der Waals surface area contributed by atoms with E-state index >= 15 is 0 Å². The molecule has 1 aromatic carbocycles. The Bertz CT molecular complexity index is 601. The number of benzene rings is 1. The summed E-state index contributed by atoms with van der Waals surface area (Å²) in [7, 11) is 0. The third-order valence-electron chi connectivity index (χ3n) is 3.17. The summed E-state index contributed by atoms with van der Waals surface area (Å²) in [4.78, 5) is 12.2. The normalized spacial score (nSPS) is 10.6. The molecule has 0 spiro atoms. The Kier molecular flexibility index (Phi) is 5.44. The molecule has 0 aliphatic rings. The molecule has 112 valence electrons. The number of hydrogen-bond acceptors (Lipinski definition) is 4. The number of carbonyl (C=O) groups is 1. The van der Waals surface area contributed by atoms with E-state index in [4.69, 9.17) is 0 Å². The van der Waals surface area contributed by atoms with Crippen LogP contribution in [-0.2, 0) is 6.42 Å². The summed E-state index contributed by atoms with van der Waals surface area (Å²) in [6.07, 6.45) is 4.44. The lowest BCUT2D eigenvalue weighted by Gasteiger charge is -2.04. The average molecular weight is 303 g/mol. The third kappa shape index (κ3) is 4.63. The lowest BCUT2D eigenvalue weighted by molar-refractivity contribution is 0.102. The van der Waals surface area contributed by atoms with Gasteiger partial charge in [-0.3, -0.25) is 10.1 Å². The summed E-state index contributed by atoms with van der Waals surface area (Å²) in [5.74, 6) is -0.127. The van der Waals surface area contributed by atoms with Gasteiger partial charge in [-0.05, 0) is 32.4 Å². The van der Waals surface area contributed by atoms with E-state index in [-0.39, 0.29) is 5.91 Å². The van der Waals surface area contributed by atoms with E-state index in [0.29, 0.717) is 10.7 Å². The molecule has 1 aromatic heterocycles. The van der Waals surface area contributed by atoms with Crippen LogP contribution in [-0.4, -0.2) is 16.1 Å². The lowest BCUT2D eigenvalue weighted by Crippen LogP contribution is -2.12. The van der Waals surface area contributed by atoms with Gasteiger partial charge in [-0.2, -0.15) is 0 Å². The van der Waals surface area contributed by atoms with Crippen LogP contribution in [0.2, 0.25) is 0 Å². The fraction of sp³-hybridized carbons (Fsp3) is 0.438. The molecule has 0 aliphatic carbocycles. The Morgan fingerprint density at radius 1 is 1.14 bits per heavy atom. The summed E-state index contributed by atoms with van der Waals surface area (Å²) in [5, 5.41) is 12.6. The van der Waals surface area contributed by atoms with Gasteiger partial charge in [-0.1, -0.05) is 48.3 Å². The Hall–Kier alpha value is -1.75. The zero-order chi connectivity index (χ0) is 15.2. The van der Waals surface area contributed by atoms with Crippen molar-refractivity contribution in [3.05, 3.63) is 39.9 Å². The largest absolute Gasteiger partial charge is 0.296 e. The van der Waals surface area contributed by atoms with Crippen molar-refractivity contribution < 1.29 is 4.79 Å². The van der Waals surface area contributed by atoms with Crippen molar-refractivity contribution in [2.75, 3.05) is 5.32 Å². The van der Waals surface area contributed by atoms with Gasteiger partial charge in [0.15, 0.2) is 0 Å². The van der Waals surface area contributed by atoms with Crippen LogP contribution in [0.4, 0.5) is 5.13 Å². The first-order valence-electron chi connectivity index (χ1n) is 7.30. The van der Waals surface area contributed by atoms with Crippen molar-refractivity contribution in [2.24, 2.45) is 0 Å². The van der Waals surface area contributed by atoms with Crippen molar-refractivity contribution in [3.63, 3.8) is 0 Å². The third-order valence-corrected chi connectivity index (χ3v) is 4.06. The zero-order valence-corrected chi connectivity index (χ0v) is 13.6. The summed E-state index contributed by atoms with van der Waals surface area (Å²) < 4.78 is 0. The highest BCUT2D eigenvalue weighted by Crippen LogP contribution is 2.19. The molecule has 21 heavy (non-hydrogen) atoms. The van der Waals surface area contributed by atoms with E-state index in [1.54, 1.807) is 0 Å². The maximum absolute atomic E-state index is 12.2. The maximum atomic E-state index is 12.2. The second kappa shape index (κ2) is 7.31. The number of aryl methyl sites for hydroxylation is 3. The SMILES string of the molecule is CCCCCc1nnc(NC(=O)c2cc(C)cc(C)c2)s1. The fourth-order valence-electron chi connectivity index (χ4n) is 2.21. The van der Waals surface area contributed by atoms with Crippen LogP contribution in [0.25, 0.3) is 0 Å². The van der Waals surface area contributed by atoms with Crippen LogP contribution in [0.3, 0.4) is 0 Å². The molecule has 4 nitrogen and oxygen atoms in total. The van der Waals surface area contributed by atoms with Gasteiger partial charge in [-0.15, -0.1) is 10.2 Å². The van der Waals surface area contributed by atoms with Crippen LogP contribution in [0.1, 0.15) is 52.7 Å². The minimum absolute atomic E-state index is 0.127. The Morgan fingerprint density at radius 2 is 1.86 bits per heavy atom. The minimum Gasteiger partial charge on any atom is -0.296 e. The number of nitrogens with zero attached hydrogens (tertiary/aromatic N) is 2. The van der Waals surface area contributed by atoms with Crippen LogP contribution < -0.4 is 5.32 Å². The fourth-order valence-corrected chi connectivity index (χ4v) is 2.98.